The van der Waals surface area contributed by atoms with Crippen molar-refractivity contribution in [1.29, 1.82) is 0 Å². The second-order valence-electron chi connectivity index (χ2n) is 7.73. The molecule has 0 atom stereocenters. The number of nitrogens with one attached hydrogen (secondary N) is 1. The van der Waals surface area contributed by atoms with Gasteiger partial charge in [0.25, 0.3) is 5.91 Å². The predicted octanol–water partition coefficient (Wildman–Crippen LogP) is 4.81. The molecule has 2 aliphatic heterocycles. The summed E-state index contributed by atoms with van der Waals surface area (Å²) >= 11 is 1.33. The molecule has 2 heterocycles. The Kier molecular flexibility index (Phi) is 6.23. The number of aliphatic imine (C=N–C) groups is 1. The quantitative estimate of drug-likeness (QED) is 0.680. The molecule has 0 spiro atoms. The number of benzene rings is 2. The van der Waals surface area contributed by atoms with Crippen molar-refractivity contribution in [1.82, 2.24) is 5.32 Å². The standard InChI is InChI=1S/C24H27N3O3S/c1-15-7-8-18(16(2)11-15)25-24-26-23(28)22(31-24)13-17-12-21(30-4)19(14-20(17)29-3)27-9-5-6-10-27/h7-8,11-14H,5-6,9-10H2,1-4H3,(H,25,26,28)/b22-13-. The summed E-state index contributed by atoms with van der Waals surface area (Å²) in [6.07, 6.45) is 4.19. The number of carbonyl (C=O) groups excluding carboxylic acids is 1. The third-order valence-electron chi connectivity index (χ3n) is 5.49. The van der Waals surface area contributed by atoms with Gasteiger partial charge in [-0.15, -0.1) is 0 Å². The molecule has 6 nitrogen and oxygen atoms in total. The van der Waals surface area contributed by atoms with Crippen LogP contribution in [0.5, 0.6) is 11.5 Å². The van der Waals surface area contributed by atoms with E-state index in [9.17, 15) is 4.79 Å². The summed E-state index contributed by atoms with van der Waals surface area (Å²) in [5, 5.41) is 3.43. The normalized spacial score (nSPS) is 18.7. The molecule has 0 unspecified atom stereocenters. The van der Waals surface area contributed by atoms with Gasteiger partial charge >= 0.3 is 0 Å². The summed E-state index contributed by atoms with van der Waals surface area (Å²) in [4.78, 5) is 20.1. The van der Waals surface area contributed by atoms with Crippen molar-refractivity contribution in [3.8, 4) is 11.5 Å². The molecular weight excluding hydrogens is 410 g/mol. The van der Waals surface area contributed by atoms with Gasteiger partial charge in [0.2, 0.25) is 0 Å². The molecule has 31 heavy (non-hydrogen) atoms. The van der Waals surface area contributed by atoms with Crippen LogP contribution in [0.4, 0.5) is 11.4 Å². The second-order valence-corrected chi connectivity index (χ2v) is 8.76. The molecule has 2 aliphatic rings. The van der Waals surface area contributed by atoms with Gasteiger partial charge in [-0.3, -0.25) is 4.79 Å². The lowest BCUT2D eigenvalue weighted by Gasteiger charge is -2.22. The van der Waals surface area contributed by atoms with Crippen molar-refractivity contribution in [2.75, 3.05) is 32.2 Å². The van der Waals surface area contributed by atoms with E-state index in [1.807, 2.05) is 44.2 Å². The van der Waals surface area contributed by atoms with Crippen LogP contribution in [0, 0.1) is 13.8 Å². The van der Waals surface area contributed by atoms with E-state index in [1.54, 1.807) is 14.2 Å². The van der Waals surface area contributed by atoms with E-state index in [1.165, 1.54) is 30.2 Å². The van der Waals surface area contributed by atoms with Crippen LogP contribution in [0.25, 0.3) is 6.08 Å². The molecule has 1 N–H and O–H groups in total. The Balaban J connectivity index is 1.64. The van der Waals surface area contributed by atoms with Gasteiger partial charge in [-0.25, -0.2) is 4.99 Å². The zero-order chi connectivity index (χ0) is 22.0. The predicted molar refractivity (Wildman–Crippen MR) is 128 cm³/mol. The number of amides is 1. The highest BCUT2D eigenvalue weighted by Crippen LogP contribution is 2.39. The Hall–Kier alpha value is -2.93. The number of ether oxygens (including phenoxy) is 2. The zero-order valence-corrected chi connectivity index (χ0v) is 19.1. The molecule has 2 aromatic rings. The molecule has 0 saturated carbocycles. The van der Waals surface area contributed by atoms with Gasteiger partial charge in [-0.1, -0.05) is 17.7 Å². The Morgan fingerprint density at radius 1 is 1.06 bits per heavy atom. The van der Waals surface area contributed by atoms with Crippen LogP contribution < -0.4 is 19.7 Å². The van der Waals surface area contributed by atoms with E-state index in [0.717, 1.165) is 41.3 Å². The van der Waals surface area contributed by atoms with E-state index < -0.39 is 0 Å². The number of methoxy groups -OCH3 is 2. The smallest absolute Gasteiger partial charge is 0.264 e. The van der Waals surface area contributed by atoms with Gasteiger partial charge in [0.15, 0.2) is 5.17 Å². The van der Waals surface area contributed by atoms with Crippen LogP contribution in [0.1, 0.15) is 29.5 Å². The first kappa shape index (κ1) is 21.3. The Bertz CT molecular complexity index is 1070. The molecule has 2 saturated heterocycles. The first-order valence-electron chi connectivity index (χ1n) is 10.4. The SMILES string of the molecule is COc1cc(N2CCCC2)c(OC)cc1/C=C1\SC(=Nc2ccc(C)cc2C)NC1=O. The van der Waals surface area contributed by atoms with Crippen LogP contribution in [0.2, 0.25) is 0 Å². The minimum absolute atomic E-state index is 0.168. The number of amidine groups is 1. The van der Waals surface area contributed by atoms with Gasteiger partial charge < -0.3 is 19.7 Å². The number of aryl methyl sites for hydroxylation is 2. The van der Waals surface area contributed by atoms with Gasteiger partial charge in [0, 0.05) is 24.7 Å². The molecule has 7 heteroatoms. The van der Waals surface area contributed by atoms with Crippen molar-refractivity contribution in [3.63, 3.8) is 0 Å². The van der Waals surface area contributed by atoms with E-state index in [-0.39, 0.29) is 5.91 Å². The Morgan fingerprint density at radius 3 is 2.48 bits per heavy atom. The van der Waals surface area contributed by atoms with Crippen molar-refractivity contribution < 1.29 is 14.3 Å². The van der Waals surface area contributed by atoms with Crippen LogP contribution in [0.3, 0.4) is 0 Å². The summed E-state index contributed by atoms with van der Waals surface area (Å²) in [5.41, 5.74) is 4.93. The minimum atomic E-state index is -0.168. The van der Waals surface area contributed by atoms with E-state index in [0.29, 0.717) is 15.8 Å². The van der Waals surface area contributed by atoms with Gasteiger partial charge in [0.1, 0.15) is 11.5 Å². The first-order chi connectivity index (χ1) is 15.0. The molecule has 0 aliphatic carbocycles. The maximum absolute atomic E-state index is 12.6. The van der Waals surface area contributed by atoms with E-state index in [4.69, 9.17) is 9.47 Å². The lowest BCUT2D eigenvalue weighted by Crippen LogP contribution is -2.19. The van der Waals surface area contributed by atoms with Crippen molar-refractivity contribution in [3.05, 3.63) is 51.9 Å². The third-order valence-corrected chi connectivity index (χ3v) is 6.40. The molecule has 0 bridgehead atoms. The van der Waals surface area contributed by atoms with Crippen molar-refractivity contribution in [2.24, 2.45) is 4.99 Å². The van der Waals surface area contributed by atoms with Crippen molar-refractivity contribution >= 4 is 40.3 Å². The van der Waals surface area contributed by atoms with Gasteiger partial charge in [-0.2, -0.15) is 0 Å². The first-order valence-corrected chi connectivity index (χ1v) is 11.2. The number of nitrogens with zero attached hydrogens (tertiary/aromatic N) is 2. The highest BCUT2D eigenvalue weighted by atomic mass is 32.2. The highest BCUT2D eigenvalue weighted by molar-refractivity contribution is 8.18. The largest absolute Gasteiger partial charge is 0.496 e. The second kappa shape index (κ2) is 9.06. The maximum atomic E-state index is 12.6. The van der Waals surface area contributed by atoms with Crippen LogP contribution in [0.15, 0.2) is 40.2 Å². The number of hydrogen-bond donors (Lipinski definition) is 1. The molecule has 1 amide bonds. The molecule has 0 radical (unpaired) electrons. The summed E-state index contributed by atoms with van der Waals surface area (Å²) in [6, 6.07) is 10.0. The Labute approximate surface area is 187 Å². The Morgan fingerprint density at radius 2 is 1.81 bits per heavy atom. The van der Waals surface area contributed by atoms with E-state index >= 15 is 0 Å². The third kappa shape index (κ3) is 4.56. The number of thioether (sulfide) groups is 1. The molecule has 2 fully saturated rings. The molecular formula is C24H27N3O3S. The number of carbonyl (C=O) groups is 1. The van der Waals surface area contributed by atoms with E-state index in [2.05, 4.69) is 21.3 Å². The van der Waals surface area contributed by atoms with Gasteiger partial charge in [-0.05, 0) is 62.2 Å². The molecule has 0 aromatic heterocycles. The summed E-state index contributed by atoms with van der Waals surface area (Å²) in [7, 11) is 3.32. The van der Waals surface area contributed by atoms with Gasteiger partial charge in [0.05, 0.1) is 30.5 Å². The zero-order valence-electron chi connectivity index (χ0n) is 18.3. The van der Waals surface area contributed by atoms with Crippen LogP contribution >= 0.6 is 11.8 Å². The monoisotopic (exact) mass is 437 g/mol. The van der Waals surface area contributed by atoms with Crippen LogP contribution in [-0.2, 0) is 4.79 Å². The number of anilines is 1. The summed E-state index contributed by atoms with van der Waals surface area (Å²) in [5.74, 6) is 1.32. The lowest BCUT2D eigenvalue weighted by atomic mass is 10.1. The maximum Gasteiger partial charge on any atom is 0.264 e. The topological polar surface area (TPSA) is 63.2 Å². The molecule has 2 aromatic carbocycles. The lowest BCUT2D eigenvalue weighted by molar-refractivity contribution is -0.115. The summed E-state index contributed by atoms with van der Waals surface area (Å²) in [6.45, 7) is 6.09. The minimum Gasteiger partial charge on any atom is -0.496 e. The summed E-state index contributed by atoms with van der Waals surface area (Å²) < 4.78 is 11.3. The highest BCUT2D eigenvalue weighted by Gasteiger charge is 2.25. The number of rotatable bonds is 5. The molecule has 162 valence electrons. The average Bonchev–Trinajstić information content (AvgIpc) is 3.40. The molecule has 4 rings (SSSR count). The fourth-order valence-electron chi connectivity index (χ4n) is 3.89. The number of hydrogen-bond acceptors (Lipinski definition) is 6. The fraction of sp³-hybridized carbons (Fsp3) is 0.333. The average molecular weight is 438 g/mol. The van der Waals surface area contributed by atoms with Crippen LogP contribution in [-0.4, -0.2) is 38.4 Å². The van der Waals surface area contributed by atoms with Crippen molar-refractivity contribution in [2.45, 2.75) is 26.7 Å². The fourth-order valence-corrected chi connectivity index (χ4v) is 4.71.